The van der Waals surface area contributed by atoms with E-state index in [0.717, 1.165) is 24.6 Å². The van der Waals surface area contributed by atoms with Crippen molar-refractivity contribution < 1.29 is 22.7 Å². The van der Waals surface area contributed by atoms with Crippen LogP contribution in [0.25, 0.3) is 0 Å². The molecule has 6 nitrogen and oxygen atoms in total. The lowest BCUT2D eigenvalue weighted by Crippen LogP contribution is -2.35. The molecule has 1 aromatic carbocycles. The van der Waals surface area contributed by atoms with E-state index in [0.29, 0.717) is 12.3 Å². The minimum atomic E-state index is -3.96. The normalized spacial score (nSPS) is 13.0. The summed E-state index contributed by atoms with van der Waals surface area (Å²) >= 11 is 5.73. The van der Waals surface area contributed by atoms with Gasteiger partial charge in [0, 0.05) is 19.5 Å². The molecule has 0 spiro atoms. The molecule has 0 bridgehead atoms. The smallest absolute Gasteiger partial charge is 0.242 e. The highest BCUT2D eigenvalue weighted by atomic mass is 35.5. The van der Waals surface area contributed by atoms with Crippen LogP contribution >= 0.6 is 11.6 Å². The van der Waals surface area contributed by atoms with Crippen molar-refractivity contribution in [3.05, 3.63) is 29.0 Å². The molecule has 0 aliphatic heterocycles. The summed E-state index contributed by atoms with van der Waals surface area (Å²) in [6, 6.07) is 2.95. The zero-order valence-corrected chi connectivity index (χ0v) is 15.8. The fourth-order valence-electron chi connectivity index (χ4n) is 1.97. The molecule has 0 radical (unpaired) electrons. The van der Waals surface area contributed by atoms with Crippen molar-refractivity contribution in [2.24, 2.45) is 5.92 Å². The van der Waals surface area contributed by atoms with Crippen LogP contribution in [0.1, 0.15) is 33.1 Å². The lowest BCUT2D eigenvalue weighted by atomic mass is 10.1. The molecule has 1 rings (SSSR count). The summed E-state index contributed by atoms with van der Waals surface area (Å²) in [4.78, 5) is 11.3. The van der Waals surface area contributed by atoms with Gasteiger partial charge in [-0.05, 0) is 37.0 Å². The summed E-state index contributed by atoms with van der Waals surface area (Å²) in [6.07, 6.45) is 0.433. The number of nitrogens with one attached hydrogen (secondary N) is 2. The highest BCUT2D eigenvalue weighted by Crippen LogP contribution is 2.21. The highest BCUT2D eigenvalue weighted by Gasteiger charge is 2.19. The van der Waals surface area contributed by atoms with Gasteiger partial charge in [0.15, 0.2) is 0 Å². The molecule has 0 saturated carbocycles. The molecule has 9 heteroatoms. The van der Waals surface area contributed by atoms with Crippen molar-refractivity contribution in [1.82, 2.24) is 10.0 Å². The predicted octanol–water partition coefficient (Wildman–Crippen LogP) is 2.06. The second-order valence-corrected chi connectivity index (χ2v) is 8.29. The van der Waals surface area contributed by atoms with Gasteiger partial charge >= 0.3 is 0 Å². The first-order valence-corrected chi connectivity index (χ1v) is 9.87. The summed E-state index contributed by atoms with van der Waals surface area (Å²) in [7, 11) is -3.96. The minimum absolute atomic E-state index is 0.0976. The van der Waals surface area contributed by atoms with Gasteiger partial charge in [-0.1, -0.05) is 25.4 Å². The molecule has 1 atom stereocenters. The number of carbonyl (C=O) groups is 1. The van der Waals surface area contributed by atoms with Gasteiger partial charge in [0.25, 0.3) is 0 Å². The van der Waals surface area contributed by atoms with Crippen molar-refractivity contribution in [1.29, 1.82) is 0 Å². The standard InChI is InChI=1S/C16H24ClFN2O4S/c1-11(2)3-6-16(22)19-8-7-13(21)10-20-25(23,24)15-5-4-12(18)9-14(15)17/h4-5,9,11,13,20-21H,3,6-8,10H2,1-2H3,(H,19,22)/t13-/m0/s1. The Hall–Kier alpha value is -1.22. The maximum atomic E-state index is 13.0. The van der Waals surface area contributed by atoms with Gasteiger partial charge < -0.3 is 10.4 Å². The van der Waals surface area contributed by atoms with Crippen LogP contribution in [0.5, 0.6) is 0 Å². The zero-order chi connectivity index (χ0) is 19.0. The summed E-state index contributed by atoms with van der Waals surface area (Å²) < 4.78 is 39.4. The largest absolute Gasteiger partial charge is 0.392 e. The van der Waals surface area contributed by atoms with Gasteiger partial charge in [-0.2, -0.15) is 0 Å². The van der Waals surface area contributed by atoms with E-state index < -0.39 is 21.9 Å². The van der Waals surface area contributed by atoms with Crippen molar-refractivity contribution in [2.75, 3.05) is 13.1 Å². The molecule has 1 amide bonds. The van der Waals surface area contributed by atoms with E-state index in [4.69, 9.17) is 11.6 Å². The van der Waals surface area contributed by atoms with Crippen molar-refractivity contribution in [2.45, 2.75) is 44.1 Å². The molecular formula is C16H24ClFN2O4S. The molecule has 0 aliphatic carbocycles. The van der Waals surface area contributed by atoms with Gasteiger partial charge in [-0.3, -0.25) is 4.79 Å². The first-order chi connectivity index (χ1) is 11.6. The Morgan fingerprint density at radius 1 is 1.32 bits per heavy atom. The number of halogens is 2. The maximum absolute atomic E-state index is 13.0. The van der Waals surface area contributed by atoms with Gasteiger partial charge in [-0.15, -0.1) is 0 Å². The number of aliphatic hydroxyl groups is 1. The summed E-state index contributed by atoms with van der Waals surface area (Å²) in [6.45, 7) is 4.06. The number of rotatable bonds is 10. The number of hydrogen-bond donors (Lipinski definition) is 3. The van der Waals surface area contributed by atoms with Crippen molar-refractivity contribution >= 4 is 27.5 Å². The molecule has 0 heterocycles. The molecule has 0 unspecified atom stereocenters. The highest BCUT2D eigenvalue weighted by molar-refractivity contribution is 7.89. The Labute approximate surface area is 152 Å². The topological polar surface area (TPSA) is 95.5 Å². The lowest BCUT2D eigenvalue weighted by molar-refractivity contribution is -0.121. The van der Waals surface area contributed by atoms with Crippen molar-refractivity contribution in [3.8, 4) is 0 Å². The van der Waals surface area contributed by atoms with Gasteiger partial charge in [0.05, 0.1) is 11.1 Å². The summed E-state index contributed by atoms with van der Waals surface area (Å²) in [5, 5.41) is 12.3. The lowest BCUT2D eigenvalue weighted by Gasteiger charge is -2.13. The third-order valence-electron chi connectivity index (χ3n) is 3.44. The van der Waals surface area contributed by atoms with Crippen LogP contribution in [-0.2, 0) is 14.8 Å². The molecule has 0 fully saturated rings. The van der Waals surface area contributed by atoms with Crippen LogP contribution < -0.4 is 10.0 Å². The Balaban J connectivity index is 2.40. The number of hydrogen-bond acceptors (Lipinski definition) is 4. The number of aliphatic hydroxyl groups excluding tert-OH is 1. The van der Waals surface area contributed by atoms with E-state index in [9.17, 15) is 22.7 Å². The van der Waals surface area contributed by atoms with E-state index in [2.05, 4.69) is 10.0 Å². The van der Waals surface area contributed by atoms with Crippen LogP contribution in [0, 0.1) is 11.7 Å². The third kappa shape index (κ3) is 8.13. The van der Waals surface area contributed by atoms with Crippen LogP contribution in [0.15, 0.2) is 23.1 Å². The first-order valence-electron chi connectivity index (χ1n) is 8.01. The Kier molecular flexibility index (Phi) is 8.78. The fourth-order valence-corrected chi connectivity index (χ4v) is 3.57. The van der Waals surface area contributed by atoms with Crippen LogP contribution in [0.3, 0.4) is 0 Å². The number of carbonyl (C=O) groups excluding carboxylic acids is 1. The number of sulfonamides is 1. The number of benzene rings is 1. The molecule has 0 saturated heterocycles. The van der Waals surface area contributed by atoms with Gasteiger partial charge in [0.1, 0.15) is 10.7 Å². The Bertz CT molecular complexity index is 683. The van der Waals surface area contributed by atoms with Crippen LogP contribution in [0.2, 0.25) is 5.02 Å². The van der Waals surface area contributed by atoms with Gasteiger partial charge in [0.2, 0.25) is 15.9 Å². The van der Waals surface area contributed by atoms with E-state index in [-0.39, 0.29) is 35.3 Å². The average Bonchev–Trinajstić information content (AvgIpc) is 2.50. The second-order valence-electron chi connectivity index (χ2n) is 6.15. The molecule has 0 aliphatic rings. The monoisotopic (exact) mass is 394 g/mol. The van der Waals surface area contributed by atoms with E-state index in [1.54, 1.807) is 0 Å². The first kappa shape index (κ1) is 21.8. The molecule has 0 aromatic heterocycles. The minimum Gasteiger partial charge on any atom is -0.392 e. The molecule has 142 valence electrons. The average molecular weight is 395 g/mol. The third-order valence-corrected chi connectivity index (χ3v) is 5.35. The molecule has 1 aromatic rings. The predicted molar refractivity (Wildman–Crippen MR) is 94.3 cm³/mol. The Morgan fingerprint density at radius 3 is 2.60 bits per heavy atom. The van der Waals surface area contributed by atoms with Crippen LogP contribution in [-0.4, -0.2) is 38.6 Å². The van der Waals surface area contributed by atoms with Gasteiger partial charge in [-0.25, -0.2) is 17.5 Å². The second kappa shape index (κ2) is 10.1. The molecule has 3 N–H and O–H groups in total. The van der Waals surface area contributed by atoms with E-state index in [1.165, 1.54) is 0 Å². The fraction of sp³-hybridized carbons (Fsp3) is 0.562. The summed E-state index contributed by atoms with van der Waals surface area (Å²) in [5.41, 5.74) is 0. The number of amides is 1. The zero-order valence-electron chi connectivity index (χ0n) is 14.3. The van der Waals surface area contributed by atoms with E-state index >= 15 is 0 Å². The van der Waals surface area contributed by atoms with Crippen molar-refractivity contribution in [3.63, 3.8) is 0 Å². The van der Waals surface area contributed by atoms with E-state index in [1.807, 2.05) is 13.8 Å². The SMILES string of the molecule is CC(C)CCC(=O)NCC[C@H](O)CNS(=O)(=O)c1ccc(F)cc1Cl. The Morgan fingerprint density at radius 2 is 2.00 bits per heavy atom. The molecule has 25 heavy (non-hydrogen) atoms. The quantitative estimate of drug-likeness (QED) is 0.566. The van der Waals surface area contributed by atoms with Crippen LogP contribution in [0.4, 0.5) is 4.39 Å². The maximum Gasteiger partial charge on any atom is 0.242 e. The molecular weight excluding hydrogens is 371 g/mol. The summed E-state index contributed by atoms with van der Waals surface area (Å²) in [5.74, 6) is -0.305.